The minimum Gasteiger partial charge on any atom is -0.0616 e. The summed E-state index contributed by atoms with van der Waals surface area (Å²) in [7, 11) is 0. The molecule has 0 unspecified atom stereocenters. The Morgan fingerprint density at radius 3 is 2.60 bits per heavy atom. The van der Waals surface area contributed by atoms with Gasteiger partial charge in [-0.2, -0.15) is 0 Å². The second kappa shape index (κ2) is 3.09. The van der Waals surface area contributed by atoms with E-state index < -0.39 is 0 Å². The second-order valence-corrected chi connectivity index (χ2v) is 3.92. The third kappa shape index (κ3) is 1.30. The molecular formula is C15H12. The summed E-state index contributed by atoms with van der Waals surface area (Å²) in [5, 5.41) is 4.68. The van der Waals surface area contributed by atoms with Crippen molar-refractivity contribution in [1.82, 2.24) is 0 Å². The normalized spacial score (nSPS) is 11.9. The van der Waals surface area contributed by atoms with Crippen molar-refractivity contribution >= 4 is 21.5 Å². The van der Waals surface area contributed by atoms with E-state index in [9.17, 15) is 0 Å². The fourth-order valence-electron chi connectivity index (χ4n) is 2.04. The minimum atomic E-state index is 0.612. The summed E-state index contributed by atoms with van der Waals surface area (Å²) in [6, 6.07) is 17.1. The molecule has 0 heteroatoms. The van der Waals surface area contributed by atoms with Crippen LogP contribution in [0.3, 0.4) is 0 Å². The first-order valence-corrected chi connectivity index (χ1v) is 5.14. The van der Waals surface area contributed by atoms with Crippen LogP contribution in [0.4, 0.5) is 0 Å². The van der Waals surface area contributed by atoms with Crippen LogP contribution in [0.1, 0.15) is 6.93 Å². The van der Waals surface area contributed by atoms with E-state index >= 15 is 0 Å². The van der Waals surface area contributed by atoms with Crippen molar-refractivity contribution in [2.24, 2.45) is 0 Å². The number of benzene rings is 3. The zero-order valence-electron chi connectivity index (χ0n) is 9.62. The summed E-state index contributed by atoms with van der Waals surface area (Å²) in [5.74, 6) is 0. The monoisotopic (exact) mass is 193 g/mol. The molecule has 0 saturated heterocycles. The van der Waals surface area contributed by atoms with Gasteiger partial charge in [-0.15, -0.1) is 0 Å². The van der Waals surface area contributed by atoms with E-state index in [1.807, 2.05) is 31.2 Å². The fraction of sp³-hybridized carbons (Fsp3) is 0.0667. The van der Waals surface area contributed by atoms with Crippen molar-refractivity contribution in [2.75, 3.05) is 0 Å². The Labute approximate surface area is 90.6 Å². The van der Waals surface area contributed by atoms with Crippen LogP contribution in [0.15, 0.2) is 54.6 Å². The Balaban J connectivity index is 2.59. The van der Waals surface area contributed by atoms with Gasteiger partial charge in [0.25, 0.3) is 0 Å². The summed E-state index contributed by atoms with van der Waals surface area (Å²) in [6.07, 6.45) is 0. The summed E-state index contributed by atoms with van der Waals surface area (Å²) in [4.78, 5) is 0. The minimum absolute atomic E-state index is 0.612. The average Bonchev–Trinajstić information content (AvgIpc) is 2.28. The largest absolute Gasteiger partial charge is 0.0629 e. The molecule has 0 atom stereocenters. The first kappa shape index (κ1) is 7.47. The predicted octanol–water partition coefficient (Wildman–Crippen LogP) is 4.30. The van der Waals surface area contributed by atoms with Gasteiger partial charge in [0, 0.05) is 0 Å². The van der Waals surface area contributed by atoms with Crippen molar-refractivity contribution < 1.29 is 1.37 Å². The zero-order chi connectivity index (χ0) is 11.1. The number of rotatable bonds is 0. The third-order valence-corrected chi connectivity index (χ3v) is 2.80. The van der Waals surface area contributed by atoms with E-state index in [2.05, 4.69) is 24.3 Å². The molecule has 72 valence electrons. The maximum atomic E-state index is 7.98. The van der Waals surface area contributed by atoms with Crippen LogP contribution >= 0.6 is 0 Å². The number of aryl methyl sites for hydroxylation is 1. The molecule has 3 rings (SSSR count). The molecule has 0 aliphatic heterocycles. The Morgan fingerprint density at radius 1 is 0.867 bits per heavy atom. The summed E-state index contributed by atoms with van der Waals surface area (Å²) < 4.78 is 7.98. The Hall–Kier alpha value is -1.82. The Morgan fingerprint density at radius 2 is 1.67 bits per heavy atom. The van der Waals surface area contributed by atoms with Crippen LogP contribution < -0.4 is 0 Å². The lowest BCUT2D eigenvalue weighted by Gasteiger charge is -2.04. The van der Waals surface area contributed by atoms with Crippen molar-refractivity contribution in [3.8, 4) is 0 Å². The van der Waals surface area contributed by atoms with Crippen LogP contribution in [0.25, 0.3) is 21.5 Å². The molecule has 0 aromatic heterocycles. The number of hydrogen-bond donors (Lipinski definition) is 0. The average molecular weight is 193 g/mol. The van der Waals surface area contributed by atoms with Crippen LogP contribution in [0.2, 0.25) is 0 Å². The quantitative estimate of drug-likeness (QED) is 0.467. The highest BCUT2D eigenvalue weighted by Crippen LogP contribution is 2.25. The first-order chi connectivity index (χ1) is 7.75. The van der Waals surface area contributed by atoms with Gasteiger partial charge in [-0.1, -0.05) is 60.1 Å². The molecule has 0 bridgehead atoms. The molecule has 0 radical (unpaired) electrons. The molecule has 0 aliphatic carbocycles. The smallest absolute Gasteiger partial charge is 0.0616 e. The molecule has 0 fully saturated rings. The molecule has 0 saturated carbocycles. The zero-order valence-corrected chi connectivity index (χ0v) is 8.62. The molecular weight excluding hydrogens is 180 g/mol. The molecule has 0 aliphatic rings. The van der Waals surface area contributed by atoms with Crippen LogP contribution in [0.5, 0.6) is 0 Å². The fourth-order valence-corrected chi connectivity index (χ4v) is 2.04. The molecule has 0 nitrogen and oxygen atoms in total. The maximum Gasteiger partial charge on any atom is 0.0629 e. The van der Waals surface area contributed by atoms with E-state index in [0.717, 1.165) is 10.9 Å². The third-order valence-electron chi connectivity index (χ3n) is 2.80. The summed E-state index contributed by atoms with van der Waals surface area (Å²) >= 11 is 0. The van der Waals surface area contributed by atoms with Crippen LogP contribution in [-0.4, -0.2) is 0 Å². The summed E-state index contributed by atoms with van der Waals surface area (Å²) in [6.45, 7) is 2.04. The predicted molar refractivity (Wildman–Crippen MR) is 66.2 cm³/mol. The topological polar surface area (TPSA) is 0 Å². The SMILES string of the molecule is [2H]c1cc(C)cc2c1ccc1ccccc12. The van der Waals surface area contributed by atoms with Gasteiger partial charge in [-0.3, -0.25) is 0 Å². The molecule has 0 amide bonds. The van der Waals surface area contributed by atoms with Crippen molar-refractivity contribution in [1.29, 1.82) is 0 Å². The van der Waals surface area contributed by atoms with Gasteiger partial charge in [-0.05, 0) is 28.5 Å². The molecule has 3 aromatic rings. The van der Waals surface area contributed by atoms with Gasteiger partial charge in [0.05, 0.1) is 1.37 Å². The number of fused-ring (bicyclic) bond motifs is 3. The lowest BCUT2D eigenvalue weighted by molar-refractivity contribution is 1.51. The Bertz CT molecular complexity index is 683. The van der Waals surface area contributed by atoms with Crippen molar-refractivity contribution in [3.05, 3.63) is 60.1 Å². The van der Waals surface area contributed by atoms with Crippen molar-refractivity contribution in [3.63, 3.8) is 0 Å². The van der Waals surface area contributed by atoms with Crippen molar-refractivity contribution in [2.45, 2.75) is 6.92 Å². The second-order valence-electron chi connectivity index (χ2n) is 3.92. The van der Waals surface area contributed by atoms with Crippen LogP contribution in [0, 0.1) is 6.92 Å². The lowest BCUT2D eigenvalue weighted by atomic mass is 10.0. The first-order valence-electron chi connectivity index (χ1n) is 5.64. The van der Waals surface area contributed by atoms with Gasteiger partial charge < -0.3 is 0 Å². The summed E-state index contributed by atoms with van der Waals surface area (Å²) in [5.41, 5.74) is 1.15. The Kier molecular flexibility index (Phi) is 1.54. The highest BCUT2D eigenvalue weighted by atomic mass is 14.0. The standard InChI is InChI=1S/C15H12/c1-11-6-7-13-9-8-12-4-2-3-5-14(12)15(13)10-11/h2-10H,1H3/i7D. The molecule has 15 heavy (non-hydrogen) atoms. The highest BCUT2D eigenvalue weighted by Gasteiger charge is 1.99. The van der Waals surface area contributed by atoms with E-state index in [1.54, 1.807) is 0 Å². The highest BCUT2D eigenvalue weighted by molar-refractivity contribution is 6.07. The van der Waals surface area contributed by atoms with E-state index in [-0.39, 0.29) is 0 Å². The number of hydrogen-bond acceptors (Lipinski definition) is 0. The van der Waals surface area contributed by atoms with Gasteiger partial charge in [-0.25, -0.2) is 0 Å². The maximum absolute atomic E-state index is 7.98. The van der Waals surface area contributed by atoms with E-state index in [4.69, 9.17) is 1.37 Å². The van der Waals surface area contributed by atoms with E-state index in [0.29, 0.717) is 6.04 Å². The lowest BCUT2D eigenvalue weighted by Crippen LogP contribution is -1.78. The van der Waals surface area contributed by atoms with Gasteiger partial charge in [0.1, 0.15) is 0 Å². The molecule has 0 N–H and O–H groups in total. The van der Waals surface area contributed by atoms with Crippen LogP contribution in [-0.2, 0) is 0 Å². The van der Waals surface area contributed by atoms with Gasteiger partial charge in [0.15, 0.2) is 0 Å². The molecule has 3 aromatic carbocycles. The van der Waals surface area contributed by atoms with Gasteiger partial charge in [0.2, 0.25) is 0 Å². The van der Waals surface area contributed by atoms with Gasteiger partial charge >= 0.3 is 0 Å². The molecule has 0 heterocycles. The van der Waals surface area contributed by atoms with E-state index in [1.165, 1.54) is 16.2 Å². The molecule has 0 spiro atoms.